The standard InChI is InChI=1S/C27H38NO4PS.Na/c1-2-33(29,30)19-9-4-3-8-12-26-23-13-14-24(20-23)27(26)28-34(31,32)25-17-15-22(16-18-25)21-10-6-5-7-11-21;/h5-7,10-11,15-18,23-24,26-28H,2-4,8-9,12-14,19-20H2,1H3,(H,29,30);/q;+1/p-1/t23-,24?,26?,27?;/m0./s1. The number of hydrogen-bond donors (Lipinski definition) is 1. The van der Waals surface area contributed by atoms with Crippen LogP contribution in [0.3, 0.4) is 0 Å². The fourth-order valence-electron chi connectivity index (χ4n) is 5.96. The van der Waals surface area contributed by atoms with Crippen molar-refractivity contribution in [3.05, 3.63) is 54.6 Å². The second-order valence-electron chi connectivity index (χ2n) is 10.1. The van der Waals surface area contributed by atoms with Crippen LogP contribution in [0.5, 0.6) is 0 Å². The molecule has 5 atom stereocenters. The number of unbranched alkanes of at least 4 members (excludes halogenated alkanes) is 3. The third-order valence-electron chi connectivity index (χ3n) is 7.92. The molecule has 35 heavy (non-hydrogen) atoms. The summed E-state index contributed by atoms with van der Waals surface area (Å²) in [5.41, 5.74) is 2.07. The van der Waals surface area contributed by atoms with Crippen LogP contribution in [-0.2, 0) is 14.6 Å². The fraction of sp³-hybridized carbons (Fsp3) is 0.556. The van der Waals surface area contributed by atoms with E-state index >= 15 is 0 Å². The van der Waals surface area contributed by atoms with E-state index < -0.39 is 17.4 Å². The molecule has 0 aliphatic heterocycles. The van der Waals surface area contributed by atoms with Crippen molar-refractivity contribution in [3.63, 3.8) is 0 Å². The van der Waals surface area contributed by atoms with Crippen LogP contribution in [0.15, 0.2) is 59.5 Å². The molecule has 0 saturated heterocycles. The minimum Gasteiger partial charge on any atom is -0.799 e. The maximum atomic E-state index is 13.2. The Kier molecular flexibility index (Phi) is 10.7. The number of sulfonamides is 1. The Bertz CT molecular complexity index is 1090. The summed E-state index contributed by atoms with van der Waals surface area (Å²) in [6.45, 7) is 1.71. The van der Waals surface area contributed by atoms with Crippen LogP contribution in [0.4, 0.5) is 0 Å². The zero-order chi connectivity index (χ0) is 24.2. The van der Waals surface area contributed by atoms with Crippen LogP contribution < -0.4 is 39.2 Å². The molecule has 1 N–H and O–H groups in total. The number of nitrogens with one attached hydrogen (secondary N) is 1. The number of fused-ring (bicyclic) bond motifs is 2. The minimum absolute atomic E-state index is 0. The summed E-state index contributed by atoms with van der Waals surface area (Å²) in [7, 11) is -6.73. The van der Waals surface area contributed by atoms with E-state index in [-0.39, 0.29) is 41.8 Å². The maximum Gasteiger partial charge on any atom is 1.00 e. The van der Waals surface area contributed by atoms with Crippen molar-refractivity contribution in [2.45, 2.75) is 69.2 Å². The Morgan fingerprint density at radius 1 is 0.914 bits per heavy atom. The first-order valence-corrected chi connectivity index (χ1v) is 16.2. The number of benzene rings is 2. The fourth-order valence-corrected chi connectivity index (χ4v) is 8.34. The van der Waals surface area contributed by atoms with Gasteiger partial charge in [-0.25, -0.2) is 13.1 Å². The van der Waals surface area contributed by atoms with Gasteiger partial charge in [-0.15, -0.1) is 0 Å². The molecule has 8 heteroatoms. The Labute approximate surface area is 233 Å². The topological polar surface area (TPSA) is 86.3 Å². The van der Waals surface area contributed by atoms with Gasteiger partial charge in [-0.1, -0.05) is 68.7 Å². The summed E-state index contributed by atoms with van der Waals surface area (Å²) in [6.07, 6.45) is 8.72. The molecule has 0 heterocycles. The molecule has 0 spiro atoms. The summed E-state index contributed by atoms with van der Waals surface area (Å²) >= 11 is 0. The van der Waals surface area contributed by atoms with E-state index in [9.17, 15) is 17.9 Å². The Balaban J connectivity index is 0.00000342. The Hall–Kier alpha value is -0.460. The van der Waals surface area contributed by atoms with Crippen LogP contribution in [0.25, 0.3) is 11.1 Å². The molecule has 2 bridgehead atoms. The van der Waals surface area contributed by atoms with Gasteiger partial charge in [0.05, 0.1) is 4.90 Å². The summed E-state index contributed by atoms with van der Waals surface area (Å²) in [5, 5.41) is 0. The van der Waals surface area contributed by atoms with Crippen LogP contribution in [-0.4, -0.2) is 26.8 Å². The predicted octanol–water partition coefficient (Wildman–Crippen LogP) is 2.66. The quantitative estimate of drug-likeness (QED) is 0.262. The zero-order valence-corrected chi connectivity index (χ0v) is 24.8. The van der Waals surface area contributed by atoms with Gasteiger partial charge in [0.15, 0.2) is 0 Å². The summed E-state index contributed by atoms with van der Waals surface area (Å²) in [6, 6.07) is 17.1. The Morgan fingerprint density at radius 2 is 1.54 bits per heavy atom. The average Bonchev–Trinajstić information content (AvgIpc) is 3.44. The zero-order valence-electron chi connectivity index (χ0n) is 21.1. The normalized spacial score (nSPS) is 25.2. The molecular formula is C27H37NNaO4PS. The molecule has 0 radical (unpaired) electrons. The molecule has 2 aromatic carbocycles. The molecule has 5 nitrogen and oxygen atoms in total. The van der Waals surface area contributed by atoms with Gasteiger partial charge in [0.1, 0.15) is 0 Å². The maximum absolute atomic E-state index is 13.2. The first kappa shape index (κ1) is 29.1. The molecule has 2 aromatic rings. The van der Waals surface area contributed by atoms with Crippen molar-refractivity contribution in [3.8, 4) is 11.1 Å². The second-order valence-corrected chi connectivity index (χ2v) is 14.5. The number of rotatable bonds is 12. The smallest absolute Gasteiger partial charge is 0.799 e. The van der Waals surface area contributed by atoms with Gasteiger partial charge in [0.2, 0.25) is 10.0 Å². The molecule has 4 unspecified atom stereocenters. The second kappa shape index (κ2) is 12.9. The predicted molar refractivity (Wildman–Crippen MR) is 136 cm³/mol. The largest absolute Gasteiger partial charge is 1.00 e. The van der Waals surface area contributed by atoms with Gasteiger partial charge in [-0.2, -0.15) is 0 Å². The molecule has 0 aromatic heterocycles. The van der Waals surface area contributed by atoms with Crippen molar-refractivity contribution in [2.75, 3.05) is 12.3 Å². The van der Waals surface area contributed by atoms with Gasteiger partial charge >= 0.3 is 29.6 Å². The summed E-state index contributed by atoms with van der Waals surface area (Å²) < 4.78 is 41.2. The first-order chi connectivity index (χ1) is 16.3. The van der Waals surface area contributed by atoms with Crippen molar-refractivity contribution >= 4 is 17.4 Å². The minimum atomic E-state index is -3.57. The van der Waals surface area contributed by atoms with Gasteiger partial charge in [-0.05, 0) is 85.4 Å². The van der Waals surface area contributed by atoms with Gasteiger partial charge in [0.25, 0.3) is 0 Å². The van der Waals surface area contributed by atoms with Gasteiger partial charge in [0, 0.05) is 13.4 Å². The molecular weight excluding hydrogens is 488 g/mol. The van der Waals surface area contributed by atoms with E-state index in [1.807, 2.05) is 42.5 Å². The third-order valence-corrected chi connectivity index (χ3v) is 11.4. The monoisotopic (exact) mass is 525 g/mol. The van der Waals surface area contributed by atoms with E-state index in [1.54, 1.807) is 19.1 Å². The molecule has 0 amide bonds. The molecule has 2 saturated carbocycles. The van der Waals surface area contributed by atoms with Gasteiger partial charge < -0.3 is 9.46 Å². The average molecular weight is 526 g/mol. The van der Waals surface area contributed by atoms with Crippen molar-refractivity contribution in [2.24, 2.45) is 17.8 Å². The van der Waals surface area contributed by atoms with Gasteiger partial charge in [-0.3, -0.25) is 0 Å². The molecule has 186 valence electrons. The SMILES string of the molecule is CCP(=O)([O-])CCCCCCC1C(NS(=O)(=O)c2ccc(-c3ccccc3)cc2)C2CC[C@H]1C2.[Na+]. The van der Waals surface area contributed by atoms with E-state index in [2.05, 4.69) is 4.72 Å². The Morgan fingerprint density at radius 3 is 2.23 bits per heavy atom. The van der Waals surface area contributed by atoms with Crippen LogP contribution in [0, 0.1) is 17.8 Å². The van der Waals surface area contributed by atoms with Crippen LogP contribution >= 0.6 is 7.37 Å². The van der Waals surface area contributed by atoms with Crippen LogP contribution in [0.2, 0.25) is 0 Å². The first-order valence-electron chi connectivity index (χ1n) is 12.8. The van der Waals surface area contributed by atoms with E-state index in [1.165, 1.54) is 6.42 Å². The molecule has 2 fully saturated rings. The van der Waals surface area contributed by atoms with E-state index in [0.717, 1.165) is 56.1 Å². The van der Waals surface area contributed by atoms with Crippen molar-refractivity contribution in [1.82, 2.24) is 4.72 Å². The molecule has 4 rings (SSSR count). The summed E-state index contributed by atoms with van der Waals surface area (Å²) in [5.74, 6) is 1.43. The van der Waals surface area contributed by atoms with Crippen molar-refractivity contribution in [1.29, 1.82) is 0 Å². The summed E-state index contributed by atoms with van der Waals surface area (Å²) in [4.78, 5) is 12.0. The van der Waals surface area contributed by atoms with Crippen LogP contribution in [0.1, 0.15) is 58.3 Å². The van der Waals surface area contributed by atoms with E-state index in [0.29, 0.717) is 28.8 Å². The van der Waals surface area contributed by atoms with Crippen molar-refractivity contribution < 1.29 is 47.4 Å². The number of hydrogen-bond acceptors (Lipinski definition) is 4. The third kappa shape index (κ3) is 7.54. The molecule has 2 aliphatic carbocycles. The van der Waals surface area contributed by atoms with E-state index in [4.69, 9.17) is 0 Å². The molecule has 2 aliphatic rings.